The Morgan fingerprint density at radius 1 is 1.26 bits per heavy atom. The fourth-order valence-corrected chi connectivity index (χ4v) is 3.11. The van der Waals surface area contributed by atoms with Gasteiger partial charge in [0, 0.05) is 16.1 Å². The first-order chi connectivity index (χ1) is 11.1. The smallest absolute Gasteiger partial charge is 0.255 e. The van der Waals surface area contributed by atoms with Crippen LogP contribution in [0.5, 0.6) is 0 Å². The summed E-state index contributed by atoms with van der Waals surface area (Å²) in [5, 5.41) is 14.2. The number of anilines is 2. The Morgan fingerprint density at radius 3 is 2.70 bits per heavy atom. The molecule has 23 heavy (non-hydrogen) atoms. The summed E-state index contributed by atoms with van der Waals surface area (Å²) in [6.07, 6.45) is 0. The van der Waals surface area contributed by atoms with Crippen LogP contribution in [0.2, 0.25) is 0 Å². The van der Waals surface area contributed by atoms with Gasteiger partial charge in [-0.05, 0) is 49.4 Å². The van der Waals surface area contributed by atoms with Crippen molar-refractivity contribution < 1.29 is 9.59 Å². The number of hydrogen-bond donors (Lipinski definition) is 2. The molecule has 2 N–H and O–H groups in total. The normalized spacial score (nSPS) is 16.0. The predicted octanol–water partition coefficient (Wildman–Crippen LogP) is 3.24. The average Bonchev–Trinajstić information content (AvgIpc) is 2.56. The molecular weight excluding hydrogens is 310 g/mol. The zero-order chi connectivity index (χ0) is 16.4. The molecule has 0 fully saturated rings. The van der Waals surface area contributed by atoms with E-state index in [1.807, 2.05) is 19.1 Å². The molecule has 2 aromatic rings. The lowest BCUT2D eigenvalue weighted by molar-refractivity contribution is -0.115. The number of thioether (sulfide) groups is 1. The van der Waals surface area contributed by atoms with Crippen molar-refractivity contribution in [2.24, 2.45) is 0 Å². The van der Waals surface area contributed by atoms with E-state index in [2.05, 4.69) is 10.6 Å². The number of nitrogens with zero attached hydrogens (tertiary/aromatic N) is 1. The molecule has 0 radical (unpaired) electrons. The Balaban J connectivity index is 1.79. The summed E-state index contributed by atoms with van der Waals surface area (Å²) in [4.78, 5) is 25.0. The van der Waals surface area contributed by atoms with Gasteiger partial charge in [0.1, 0.15) is 0 Å². The molecule has 0 aromatic heterocycles. The Hall–Kier alpha value is -2.78. The Bertz CT molecular complexity index is 825. The number of nitrogens with one attached hydrogen (secondary N) is 2. The second kappa shape index (κ2) is 6.15. The minimum atomic E-state index is -0.268. The minimum Gasteiger partial charge on any atom is -0.324 e. The quantitative estimate of drug-likeness (QED) is 0.889. The average molecular weight is 323 g/mol. The van der Waals surface area contributed by atoms with Crippen molar-refractivity contribution in [1.29, 1.82) is 5.26 Å². The van der Waals surface area contributed by atoms with Crippen LogP contribution < -0.4 is 10.6 Å². The lowest BCUT2D eigenvalue weighted by atomic mass is 10.1. The maximum absolute atomic E-state index is 12.3. The van der Waals surface area contributed by atoms with Crippen LogP contribution in [-0.2, 0) is 4.79 Å². The number of rotatable bonds is 2. The zero-order valence-corrected chi connectivity index (χ0v) is 13.1. The van der Waals surface area contributed by atoms with E-state index in [1.165, 1.54) is 11.8 Å². The van der Waals surface area contributed by atoms with Crippen molar-refractivity contribution in [2.45, 2.75) is 17.1 Å². The van der Waals surface area contributed by atoms with Gasteiger partial charge in [0.2, 0.25) is 5.91 Å². The fraction of sp³-hybridized carbons (Fsp3) is 0.118. The van der Waals surface area contributed by atoms with Crippen molar-refractivity contribution in [3.8, 4) is 6.07 Å². The van der Waals surface area contributed by atoms with Crippen LogP contribution in [0.15, 0.2) is 47.4 Å². The SMILES string of the molecule is CC1Sc2ccc(C(=O)Nc3ccc(C#N)cc3)cc2NC1=O. The van der Waals surface area contributed by atoms with Gasteiger partial charge in [-0.25, -0.2) is 0 Å². The number of hydrogen-bond acceptors (Lipinski definition) is 4. The number of carbonyl (C=O) groups excluding carboxylic acids is 2. The molecule has 1 unspecified atom stereocenters. The first kappa shape index (κ1) is 15.1. The van der Waals surface area contributed by atoms with Crippen LogP contribution in [0.3, 0.4) is 0 Å². The van der Waals surface area contributed by atoms with Gasteiger partial charge >= 0.3 is 0 Å². The molecule has 0 saturated carbocycles. The molecule has 2 amide bonds. The van der Waals surface area contributed by atoms with Gasteiger partial charge in [-0.3, -0.25) is 9.59 Å². The second-order valence-electron chi connectivity index (χ2n) is 5.10. The van der Waals surface area contributed by atoms with E-state index < -0.39 is 0 Å². The highest BCUT2D eigenvalue weighted by molar-refractivity contribution is 8.00. The highest BCUT2D eigenvalue weighted by Gasteiger charge is 2.23. The summed E-state index contributed by atoms with van der Waals surface area (Å²) < 4.78 is 0. The molecule has 0 spiro atoms. The van der Waals surface area contributed by atoms with Gasteiger partial charge in [-0.1, -0.05) is 0 Å². The number of benzene rings is 2. The summed E-state index contributed by atoms with van der Waals surface area (Å²) in [5.41, 5.74) is 2.26. The molecule has 0 bridgehead atoms. The minimum absolute atomic E-state index is 0.0628. The Kier molecular flexibility index (Phi) is 4.04. The highest BCUT2D eigenvalue weighted by atomic mass is 32.2. The van der Waals surface area contributed by atoms with Crippen LogP contribution in [0.25, 0.3) is 0 Å². The maximum Gasteiger partial charge on any atom is 0.255 e. The maximum atomic E-state index is 12.3. The predicted molar refractivity (Wildman–Crippen MR) is 89.5 cm³/mol. The summed E-state index contributed by atoms with van der Waals surface area (Å²) in [7, 11) is 0. The van der Waals surface area contributed by atoms with Gasteiger partial charge in [0.15, 0.2) is 0 Å². The van der Waals surface area contributed by atoms with Crippen molar-refractivity contribution >= 4 is 35.0 Å². The topological polar surface area (TPSA) is 82.0 Å². The number of amides is 2. The number of nitriles is 1. The molecule has 114 valence electrons. The Morgan fingerprint density at radius 2 is 2.00 bits per heavy atom. The van der Waals surface area contributed by atoms with E-state index in [0.717, 1.165) is 4.90 Å². The molecule has 3 rings (SSSR count). The molecule has 1 atom stereocenters. The van der Waals surface area contributed by atoms with Gasteiger partial charge in [0.25, 0.3) is 5.91 Å². The summed E-state index contributed by atoms with van der Waals surface area (Å²) >= 11 is 1.47. The number of fused-ring (bicyclic) bond motifs is 1. The van der Waals surface area contributed by atoms with Crippen molar-refractivity contribution in [1.82, 2.24) is 0 Å². The second-order valence-corrected chi connectivity index (χ2v) is 6.49. The van der Waals surface area contributed by atoms with E-state index in [4.69, 9.17) is 5.26 Å². The largest absolute Gasteiger partial charge is 0.324 e. The molecule has 1 aliphatic heterocycles. The van der Waals surface area contributed by atoms with E-state index in [9.17, 15) is 9.59 Å². The first-order valence-electron chi connectivity index (χ1n) is 7.00. The molecule has 1 aliphatic rings. The van der Waals surface area contributed by atoms with Gasteiger partial charge in [0.05, 0.1) is 22.6 Å². The van der Waals surface area contributed by atoms with Crippen molar-refractivity contribution in [3.05, 3.63) is 53.6 Å². The summed E-state index contributed by atoms with van der Waals surface area (Å²) in [5.74, 6) is -0.331. The molecule has 0 saturated heterocycles. The monoisotopic (exact) mass is 323 g/mol. The standard InChI is InChI=1S/C17H13N3O2S/c1-10-16(21)20-14-8-12(4-7-15(14)23-10)17(22)19-13-5-2-11(9-18)3-6-13/h2-8,10H,1H3,(H,19,22)(H,20,21). The molecular formula is C17H13N3O2S. The van der Waals surface area contributed by atoms with E-state index in [-0.39, 0.29) is 17.1 Å². The van der Waals surface area contributed by atoms with Gasteiger partial charge < -0.3 is 10.6 Å². The van der Waals surface area contributed by atoms with Crippen LogP contribution in [-0.4, -0.2) is 17.1 Å². The van der Waals surface area contributed by atoms with Crippen molar-refractivity contribution in [2.75, 3.05) is 10.6 Å². The van der Waals surface area contributed by atoms with Crippen LogP contribution in [0.1, 0.15) is 22.8 Å². The number of carbonyl (C=O) groups is 2. The van der Waals surface area contributed by atoms with Crippen LogP contribution in [0.4, 0.5) is 11.4 Å². The molecule has 0 aliphatic carbocycles. The third-order valence-electron chi connectivity index (χ3n) is 3.44. The van der Waals surface area contributed by atoms with Gasteiger partial charge in [-0.15, -0.1) is 11.8 Å². The molecule has 5 nitrogen and oxygen atoms in total. The lowest BCUT2D eigenvalue weighted by Crippen LogP contribution is -2.26. The van der Waals surface area contributed by atoms with Gasteiger partial charge in [-0.2, -0.15) is 5.26 Å². The van der Waals surface area contributed by atoms with E-state index in [0.29, 0.717) is 22.5 Å². The first-order valence-corrected chi connectivity index (χ1v) is 7.88. The Labute approximate surface area is 137 Å². The lowest BCUT2D eigenvalue weighted by Gasteiger charge is -2.21. The van der Waals surface area contributed by atoms with E-state index in [1.54, 1.807) is 36.4 Å². The third-order valence-corrected chi connectivity index (χ3v) is 4.62. The molecule has 1 heterocycles. The molecule has 2 aromatic carbocycles. The van der Waals surface area contributed by atoms with Crippen LogP contribution >= 0.6 is 11.8 Å². The summed E-state index contributed by atoms with van der Waals surface area (Å²) in [6, 6.07) is 13.9. The van der Waals surface area contributed by atoms with Crippen molar-refractivity contribution in [3.63, 3.8) is 0 Å². The van der Waals surface area contributed by atoms with Crippen LogP contribution in [0, 0.1) is 11.3 Å². The summed E-state index contributed by atoms with van der Waals surface area (Å²) in [6.45, 7) is 1.84. The zero-order valence-electron chi connectivity index (χ0n) is 12.3. The third kappa shape index (κ3) is 3.20. The molecule has 6 heteroatoms. The fourth-order valence-electron chi connectivity index (χ4n) is 2.18. The van der Waals surface area contributed by atoms with E-state index >= 15 is 0 Å². The highest BCUT2D eigenvalue weighted by Crippen LogP contribution is 2.36.